The molecule has 0 bridgehead atoms. The van der Waals surface area contributed by atoms with Crippen molar-refractivity contribution in [3.8, 4) is 11.5 Å². The van der Waals surface area contributed by atoms with Crippen molar-refractivity contribution in [2.24, 2.45) is 11.7 Å². The molecule has 5 heteroatoms. The fourth-order valence-electron chi connectivity index (χ4n) is 2.26. The van der Waals surface area contributed by atoms with Gasteiger partial charge in [-0.1, -0.05) is 6.07 Å². The third-order valence-electron chi connectivity index (χ3n) is 3.37. The molecule has 1 saturated heterocycles. The number of methoxy groups -OCH3 is 1. The monoisotopic (exact) mass is 273 g/mol. The molecule has 0 amide bonds. The van der Waals surface area contributed by atoms with E-state index in [2.05, 4.69) is 0 Å². The maximum absolute atomic E-state index is 9.93. The van der Waals surface area contributed by atoms with Crippen molar-refractivity contribution in [1.82, 2.24) is 0 Å². The Balaban J connectivity index is 0.00000162. The molecule has 1 fully saturated rings. The summed E-state index contributed by atoms with van der Waals surface area (Å²) in [6.07, 6.45) is 1.90. The van der Waals surface area contributed by atoms with Crippen LogP contribution in [0.4, 0.5) is 0 Å². The van der Waals surface area contributed by atoms with Crippen molar-refractivity contribution in [2.45, 2.75) is 18.9 Å². The summed E-state index contributed by atoms with van der Waals surface area (Å²) in [6, 6.07) is 5.14. The third-order valence-corrected chi connectivity index (χ3v) is 3.37. The Kier molecular flexibility index (Phi) is 5.72. The summed E-state index contributed by atoms with van der Waals surface area (Å²) in [4.78, 5) is 0. The van der Waals surface area contributed by atoms with Crippen molar-refractivity contribution in [2.75, 3.05) is 20.3 Å². The van der Waals surface area contributed by atoms with Crippen molar-refractivity contribution >= 4 is 12.4 Å². The lowest BCUT2D eigenvalue weighted by atomic mass is 9.87. The van der Waals surface area contributed by atoms with Crippen LogP contribution < -0.4 is 10.5 Å². The molecule has 0 radical (unpaired) electrons. The van der Waals surface area contributed by atoms with Gasteiger partial charge in [-0.2, -0.15) is 0 Å². The van der Waals surface area contributed by atoms with Crippen molar-refractivity contribution in [3.05, 3.63) is 23.8 Å². The molecule has 0 saturated carbocycles. The molecule has 1 aliphatic heterocycles. The van der Waals surface area contributed by atoms with E-state index in [0.29, 0.717) is 11.7 Å². The van der Waals surface area contributed by atoms with E-state index in [1.54, 1.807) is 13.2 Å². The van der Waals surface area contributed by atoms with E-state index in [9.17, 15) is 5.11 Å². The average Bonchev–Trinajstić information content (AvgIpc) is 2.39. The van der Waals surface area contributed by atoms with Gasteiger partial charge < -0.3 is 20.3 Å². The number of halogens is 1. The Morgan fingerprint density at radius 1 is 1.39 bits per heavy atom. The maximum Gasteiger partial charge on any atom is 0.124 e. The van der Waals surface area contributed by atoms with Gasteiger partial charge in [0.2, 0.25) is 0 Å². The zero-order chi connectivity index (χ0) is 12.3. The molecule has 0 spiro atoms. The van der Waals surface area contributed by atoms with Crippen molar-refractivity contribution in [1.29, 1.82) is 0 Å². The largest absolute Gasteiger partial charge is 0.507 e. The van der Waals surface area contributed by atoms with Crippen LogP contribution >= 0.6 is 12.4 Å². The number of aromatic hydroxyl groups is 1. The Morgan fingerprint density at radius 2 is 2.06 bits per heavy atom. The van der Waals surface area contributed by atoms with Crippen LogP contribution in [-0.2, 0) is 4.74 Å². The van der Waals surface area contributed by atoms with Gasteiger partial charge in [-0.3, -0.25) is 0 Å². The first kappa shape index (κ1) is 15.1. The molecule has 4 nitrogen and oxygen atoms in total. The van der Waals surface area contributed by atoms with Gasteiger partial charge in [-0.25, -0.2) is 0 Å². The van der Waals surface area contributed by atoms with Gasteiger partial charge in [0.05, 0.1) is 7.11 Å². The van der Waals surface area contributed by atoms with Crippen LogP contribution in [0.25, 0.3) is 0 Å². The maximum atomic E-state index is 9.93. The molecule has 0 aromatic heterocycles. The van der Waals surface area contributed by atoms with Crippen molar-refractivity contribution in [3.63, 3.8) is 0 Å². The zero-order valence-corrected chi connectivity index (χ0v) is 11.3. The minimum atomic E-state index is -0.134. The highest BCUT2D eigenvalue weighted by molar-refractivity contribution is 5.85. The first-order valence-corrected chi connectivity index (χ1v) is 5.92. The molecule has 102 valence electrons. The Hall–Kier alpha value is -0.970. The summed E-state index contributed by atoms with van der Waals surface area (Å²) >= 11 is 0. The molecule has 3 N–H and O–H groups in total. The number of phenolic OH excluding ortho intramolecular Hbond substituents is 1. The van der Waals surface area contributed by atoms with Gasteiger partial charge in [-0.15, -0.1) is 12.4 Å². The van der Waals surface area contributed by atoms with Gasteiger partial charge >= 0.3 is 0 Å². The van der Waals surface area contributed by atoms with E-state index in [1.165, 1.54) is 0 Å². The zero-order valence-electron chi connectivity index (χ0n) is 10.5. The molecule has 0 aliphatic carbocycles. The van der Waals surface area contributed by atoms with Crippen LogP contribution in [0.5, 0.6) is 11.5 Å². The van der Waals surface area contributed by atoms with Crippen LogP contribution in [-0.4, -0.2) is 25.4 Å². The first-order valence-electron chi connectivity index (χ1n) is 5.92. The van der Waals surface area contributed by atoms with Gasteiger partial charge in [-0.05, 0) is 24.8 Å². The van der Waals surface area contributed by atoms with Gasteiger partial charge in [0, 0.05) is 30.9 Å². The van der Waals surface area contributed by atoms with Crippen LogP contribution in [0.1, 0.15) is 24.4 Å². The molecule has 1 aromatic carbocycles. The fraction of sp³-hybridized carbons (Fsp3) is 0.538. The molecule has 1 aliphatic rings. The van der Waals surface area contributed by atoms with E-state index in [1.807, 2.05) is 12.1 Å². The topological polar surface area (TPSA) is 64.7 Å². The minimum absolute atomic E-state index is 0. The molecule has 1 heterocycles. The van der Waals surface area contributed by atoms with Crippen molar-refractivity contribution < 1.29 is 14.6 Å². The van der Waals surface area contributed by atoms with E-state index < -0.39 is 0 Å². The smallest absolute Gasteiger partial charge is 0.124 e. The van der Waals surface area contributed by atoms with Crippen LogP contribution in [0.2, 0.25) is 0 Å². The normalized spacial score (nSPS) is 17.9. The summed E-state index contributed by atoms with van der Waals surface area (Å²) in [5, 5.41) is 9.93. The number of hydrogen-bond acceptors (Lipinski definition) is 4. The SMILES string of the molecule is COc1ccc([C@@H](N)C2CCOCC2)c(O)c1.Cl. The quantitative estimate of drug-likeness (QED) is 0.887. The van der Waals surface area contributed by atoms with E-state index in [4.69, 9.17) is 15.2 Å². The molecule has 2 rings (SSSR count). The predicted molar refractivity (Wildman–Crippen MR) is 72.4 cm³/mol. The Morgan fingerprint density at radius 3 is 2.61 bits per heavy atom. The molecule has 1 aromatic rings. The standard InChI is InChI=1S/C13H19NO3.ClH/c1-16-10-2-3-11(12(15)8-10)13(14)9-4-6-17-7-5-9;/h2-3,8-9,13,15H,4-7,14H2,1H3;1H/t13-;/m0./s1. The minimum Gasteiger partial charge on any atom is -0.507 e. The lowest BCUT2D eigenvalue weighted by molar-refractivity contribution is 0.0581. The van der Waals surface area contributed by atoms with E-state index in [0.717, 1.165) is 31.6 Å². The second-order valence-electron chi connectivity index (χ2n) is 4.40. The van der Waals surface area contributed by atoms with Gasteiger partial charge in [0.1, 0.15) is 11.5 Å². The van der Waals surface area contributed by atoms with E-state index in [-0.39, 0.29) is 24.2 Å². The summed E-state index contributed by atoms with van der Waals surface area (Å²) in [6.45, 7) is 1.52. The van der Waals surface area contributed by atoms with Gasteiger partial charge in [0.15, 0.2) is 0 Å². The predicted octanol–water partition coefficient (Wildman–Crippen LogP) is 2.25. The second-order valence-corrected chi connectivity index (χ2v) is 4.40. The summed E-state index contributed by atoms with van der Waals surface area (Å²) < 4.78 is 10.4. The lowest BCUT2D eigenvalue weighted by Crippen LogP contribution is -2.27. The Bertz CT molecular complexity index is 380. The first-order chi connectivity index (χ1) is 8.22. The number of phenols is 1. The number of hydrogen-bond donors (Lipinski definition) is 2. The summed E-state index contributed by atoms with van der Waals surface area (Å²) in [5.41, 5.74) is 7.00. The Labute approximate surface area is 113 Å². The number of benzene rings is 1. The molecular weight excluding hydrogens is 254 g/mol. The van der Waals surface area contributed by atoms with Crippen LogP contribution in [0.15, 0.2) is 18.2 Å². The molecule has 0 unspecified atom stereocenters. The lowest BCUT2D eigenvalue weighted by Gasteiger charge is -2.28. The number of ether oxygens (including phenoxy) is 2. The molecular formula is C13H20ClNO3. The second kappa shape index (κ2) is 6.83. The highest BCUT2D eigenvalue weighted by atomic mass is 35.5. The summed E-state index contributed by atoms with van der Waals surface area (Å²) in [5.74, 6) is 1.23. The summed E-state index contributed by atoms with van der Waals surface area (Å²) in [7, 11) is 1.58. The van der Waals surface area contributed by atoms with Gasteiger partial charge in [0.25, 0.3) is 0 Å². The molecule has 18 heavy (non-hydrogen) atoms. The highest BCUT2D eigenvalue weighted by Gasteiger charge is 2.24. The van der Waals surface area contributed by atoms with Crippen LogP contribution in [0.3, 0.4) is 0 Å². The number of nitrogens with two attached hydrogens (primary N) is 1. The fourth-order valence-corrected chi connectivity index (χ4v) is 2.26. The number of rotatable bonds is 3. The average molecular weight is 274 g/mol. The third kappa shape index (κ3) is 3.28. The highest BCUT2D eigenvalue weighted by Crippen LogP contribution is 2.34. The van der Waals surface area contributed by atoms with E-state index >= 15 is 0 Å². The van der Waals surface area contributed by atoms with Crippen LogP contribution in [0, 0.1) is 5.92 Å². The molecule has 1 atom stereocenters.